The van der Waals surface area contributed by atoms with E-state index in [0.29, 0.717) is 6.42 Å². The third kappa shape index (κ3) is 1.08. The van der Waals surface area contributed by atoms with E-state index in [0.717, 1.165) is 0 Å². The molecule has 0 amide bonds. The average molecular weight is 262 g/mol. The number of carbonyl (C=O) groups is 4. The van der Waals surface area contributed by atoms with E-state index in [1.54, 1.807) is 12.2 Å². The molecule has 3 fully saturated rings. The van der Waals surface area contributed by atoms with E-state index in [9.17, 15) is 19.2 Å². The van der Waals surface area contributed by atoms with Crippen LogP contribution in [-0.2, 0) is 28.7 Å². The Hall–Kier alpha value is -1.98. The second-order valence-corrected chi connectivity index (χ2v) is 5.63. The van der Waals surface area contributed by atoms with Gasteiger partial charge in [-0.15, -0.1) is 0 Å². The summed E-state index contributed by atoms with van der Waals surface area (Å²) in [4.78, 5) is 47.4. The standard InChI is InChI=1S/C13H10O6/c14-9-6-4-13-3-1-2-5(7(6)10(15)18-9)8(13)11(16)19-12(13)17/h1-2,5-8H,3-4H2. The van der Waals surface area contributed by atoms with Crippen LogP contribution in [0.15, 0.2) is 12.2 Å². The molecule has 4 aliphatic rings. The maximum absolute atomic E-state index is 12.0. The van der Waals surface area contributed by atoms with Crippen molar-refractivity contribution in [3.8, 4) is 0 Å². The highest BCUT2D eigenvalue weighted by molar-refractivity contribution is 6.04. The summed E-state index contributed by atoms with van der Waals surface area (Å²) in [5, 5.41) is 0. The van der Waals surface area contributed by atoms with E-state index in [1.807, 2.05) is 0 Å². The topological polar surface area (TPSA) is 86.7 Å². The molecule has 5 atom stereocenters. The number of rotatable bonds is 0. The summed E-state index contributed by atoms with van der Waals surface area (Å²) in [7, 11) is 0. The summed E-state index contributed by atoms with van der Waals surface area (Å²) >= 11 is 0. The molecule has 4 rings (SSSR count). The second-order valence-electron chi connectivity index (χ2n) is 5.63. The molecule has 0 spiro atoms. The molecule has 6 heteroatoms. The van der Waals surface area contributed by atoms with Crippen molar-refractivity contribution in [2.24, 2.45) is 29.1 Å². The molecular formula is C13H10O6. The van der Waals surface area contributed by atoms with Crippen LogP contribution in [0.4, 0.5) is 0 Å². The molecule has 1 saturated carbocycles. The van der Waals surface area contributed by atoms with Gasteiger partial charge in [-0.1, -0.05) is 12.2 Å². The van der Waals surface area contributed by atoms with Crippen molar-refractivity contribution in [2.45, 2.75) is 12.8 Å². The molecular weight excluding hydrogens is 252 g/mol. The lowest BCUT2D eigenvalue weighted by atomic mass is 9.52. The van der Waals surface area contributed by atoms with Crippen molar-refractivity contribution in [3.05, 3.63) is 12.2 Å². The molecule has 0 N–H and O–H groups in total. The van der Waals surface area contributed by atoms with Gasteiger partial charge in [-0.05, 0) is 12.8 Å². The van der Waals surface area contributed by atoms with Crippen LogP contribution in [0.1, 0.15) is 12.8 Å². The van der Waals surface area contributed by atoms with Crippen LogP contribution in [-0.4, -0.2) is 23.9 Å². The highest BCUT2D eigenvalue weighted by atomic mass is 16.6. The number of fused-ring (bicyclic) bond motifs is 2. The Kier molecular flexibility index (Phi) is 1.79. The number of hydrogen-bond acceptors (Lipinski definition) is 6. The number of esters is 4. The summed E-state index contributed by atoms with van der Waals surface area (Å²) < 4.78 is 9.44. The van der Waals surface area contributed by atoms with Gasteiger partial charge in [-0.25, -0.2) is 0 Å². The van der Waals surface area contributed by atoms with E-state index in [4.69, 9.17) is 4.74 Å². The summed E-state index contributed by atoms with van der Waals surface area (Å²) in [6, 6.07) is 0. The van der Waals surface area contributed by atoms with Crippen molar-refractivity contribution in [1.82, 2.24) is 0 Å². The first-order chi connectivity index (χ1) is 9.04. The number of ether oxygens (including phenoxy) is 2. The first kappa shape index (κ1) is 10.9. The van der Waals surface area contributed by atoms with Crippen LogP contribution in [0.2, 0.25) is 0 Å². The predicted molar refractivity (Wildman–Crippen MR) is 57.0 cm³/mol. The molecule has 2 saturated heterocycles. The Morgan fingerprint density at radius 2 is 1.84 bits per heavy atom. The van der Waals surface area contributed by atoms with Crippen LogP contribution in [0.3, 0.4) is 0 Å². The van der Waals surface area contributed by atoms with Crippen molar-refractivity contribution in [1.29, 1.82) is 0 Å². The maximum Gasteiger partial charge on any atom is 0.320 e. The van der Waals surface area contributed by atoms with Gasteiger partial charge in [0.15, 0.2) is 0 Å². The van der Waals surface area contributed by atoms with Crippen LogP contribution < -0.4 is 0 Å². The Morgan fingerprint density at radius 3 is 2.63 bits per heavy atom. The Labute approximate surface area is 107 Å². The lowest BCUT2D eigenvalue weighted by Gasteiger charge is -2.44. The first-order valence-electron chi connectivity index (χ1n) is 6.23. The Bertz CT molecular complexity index is 576. The number of allylic oxidation sites excluding steroid dienone is 2. The summed E-state index contributed by atoms with van der Waals surface area (Å²) in [5.41, 5.74) is -0.971. The van der Waals surface area contributed by atoms with E-state index in [-0.39, 0.29) is 6.42 Å². The van der Waals surface area contributed by atoms with Crippen molar-refractivity contribution >= 4 is 23.9 Å². The van der Waals surface area contributed by atoms with E-state index in [1.165, 1.54) is 0 Å². The van der Waals surface area contributed by atoms with Gasteiger partial charge < -0.3 is 9.47 Å². The lowest BCUT2D eigenvalue weighted by Crippen LogP contribution is -2.51. The van der Waals surface area contributed by atoms with Gasteiger partial charge >= 0.3 is 23.9 Å². The van der Waals surface area contributed by atoms with Crippen LogP contribution in [0.25, 0.3) is 0 Å². The molecule has 0 aromatic carbocycles. The number of cyclic esters (lactones) is 4. The summed E-state index contributed by atoms with van der Waals surface area (Å²) in [6.07, 6.45) is 4.09. The zero-order chi connectivity index (χ0) is 13.4. The Balaban J connectivity index is 1.90. The quantitative estimate of drug-likeness (QED) is 0.346. The van der Waals surface area contributed by atoms with Gasteiger partial charge in [0.05, 0.1) is 23.2 Å². The van der Waals surface area contributed by atoms with E-state index >= 15 is 0 Å². The fourth-order valence-electron chi connectivity index (χ4n) is 4.09. The molecule has 98 valence electrons. The Morgan fingerprint density at radius 1 is 1.05 bits per heavy atom. The molecule has 0 aromatic rings. The predicted octanol–water partition coefficient (Wildman–Crippen LogP) is -0.0320. The maximum atomic E-state index is 12.0. The van der Waals surface area contributed by atoms with Crippen molar-refractivity contribution < 1.29 is 28.7 Å². The molecule has 5 unspecified atom stereocenters. The molecule has 2 bridgehead atoms. The third-order valence-electron chi connectivity index (χ3n) is 4.88. The zero-order valence-electron chi connectivity index (χ0n) is 9.83. The van der Waals surface area contributed by atoms with E-state index < -0.39 is 53.0 Å². The number of carbonyl (C=O) groups excluding carboxylic acids is 4. The monoisotopic (exact) mass is 262 g/mol. The molecule has 2 aliphatic heterocycles. The fourth-order valence-corrected chi connectivity index (χ4v) is 4.09. The van der Waals surface area contributed by atoms with Gasteiger partial charge in [0.1, 0.15) is 0 Å². The minimum absolute atomic E-state index is 0.165. The lowest BCUT2D eigenvalue weighted by molar-refractivity contribution is -0.155. The van der Waals surface area contributed by atoms with Gasteiger partial charge in [-0.3, -0.25) is 19.2 Å². The van der Waals surface area contributed by atoms with Gasteiger partial charge in [0.2, 0.25) is 0 Å². The third-order valence-corrected chi connectivity index (χ3v) is 4.88. The highest BCUT2D eigenvalue weighted by Crippen LogP contribution is 2.60. The van der Waals surface area contributed by atoms with Crippen molar-refractivity contribution in [3.63, 3.8) is 0 Å². The minimum Gasteiger partial charge on any atom is -0.393 e. The highest BCUT2D eigenvalue weighted by Gasteiger charge is 2.70. The molecule has 6 nitrogen and oxygen atoms in total. The van der Waals surface area contributed by atoms with E-state index in [2.05, 4.69) is 4.74 Å². The molecule has 0 aromatic heterocycles. The largest absolute Gasteiger partial charge is 0.393 e. The molecule has 2 aliphatic carbocycles. The smallest absolute Gasteiger partial charge is 0.320 e. The SMILES string of the molecule is O=C1OC(=O)C2C1CC13CC=CC2C1C(=O)OC3=O. The summed E-state index contributed by atoms with van der Waals surface area (Å²) in [5.74, 6) is -4.71. The van der Waals surface area contributed by atoms with Gasteiger partial charge in [0.25, 0.3) is 0 Å². The fraction of sp³-hybridized carbons (Fsp3) is 0.538. The van der Waals surface area contributed by atoms with Crippen LogP contribution in [0, 0.1) is 29.1 Å². The number of hydrogen-bond donors (Lipinski definition) is 0. The van der Waals surface area contributed by atoms with Crippen molar-refractivity contribution in [2.75, 3.05) is 0 Å². The average Bonchev–Trinajstić information content (AvgIpc) is 2.76. The second kappa shape index (κ2) is 3.12. The first-order valence-corrected chi connectivity index (χ1v) is 6.23. The van der Waals surface area contributed by atoms with Gasteiger partial charge in [0, 0.05) is 5.92 Å². The minimum atomic E-state index is -0.971. The van der Waals surface area contributed by atoms with Crippen LogP contribution >= 0.6 is 0 Å². The normalized spacial score (nSPS) is 46.7. The van der Waals surface area contributed by atoms with Gasteiger partial charge in [-0.2, -0.15) is 0 Å². The van der Waals surface area contributed by atoms with Crippen LogP contribution in [0.5, 0.6) is 0 Å². The molecule has 2 heterocycles. The molecule has 19 heavy (non-hydrogen) atoms. The molecule has 0 radical (unpaired) electrons. The summed E-state index contributed by atoms with van der Waals surface area (Å²) in [6.45, 7) is 0. The zero-order valence-corrected chi connectivity index (χ0v) is 9.83.